The summed E-state index contributed by atoms with van der Waals surface area (Å²) in [4.78, 5) is 11.5. The van der Waals surface area contributed by atoms with Gasteiger partial charge in [-0.25, -0.2) is 0 Å². The zero-order chi connectivity index (χ0) is 9.68. The number of carbonyl (C=O) groups excluding carboxylic acids is 1. The molecule has 0 bridgehead atoms. The van der Waals surface area contributed by atoms with Crippen molar-refractivity contribution in [3.63, 3.8) is 0 Å². The number of piperidine rings is 1. The highest BCUT2D eigenvalue weighted by molar-refractivity contribution is 5.76. The Balaban J connectivity index is 2.29. The topological polar surface area (TPSA) is 38.3 Å². The van der Waals surface area contributed by atoms with Gasteiger partial charge in [-0.2, -0.15) is 0 Å². The van der Waals surface area contributed by atoms with Gasteiger partial charge in [0.1, 0.15) is 6.04 Å². The third-order valence-electron chi connectivity index (χ3n) is 2.49. The maximum absolute atomic E-state index is 11.5. The van der Waals surface area contributed by atoms with E-state index in [2.05, 4.69) is 5.32 Å². The highest BCUT2D eigenvalue weighted by Crippen LogP contribution is 2.09. The molecule has 3 heteroatoms. The molecule has 0 aliphatic carbocycles. The summed E-state index contributed by atoms with van der Waals surface area (Å²) in [5, 5.41) is 3.17. The van der Waals surface area contributed by atoms with E-state index in [1.165, 1.54) is 6.42 Å². The SMILES string of the molecule is CC[C@H](C)OC(=O)[C@@H]1CCCCN1. The first kappa shape index (κ1) is 10.5. The van der Waals surface area contributed by atoms with Crippen molar-refractivity contribution in [2.75, 3.05) is 6.54 Å². The highest BCUT2D eigenvalue weighted by atomic mass is 16.5. The van der Waals surface area contributed by atoms with E-state index >= 15 is 0 Å². The van der Waals surface area contributed by atoms with Gasteiger partial charge >= 0.3 is 5.97 Å². The standard InChI is InChI=1S/C10H19NO2/c1-3-8(2)13-10(12)9-6-4-5-7-11-9/h8-9,11H,3-7H2,1-2H3/t8-,9-/m0/s1. The molecule has 0 aromatic rings. The lowest BCUT2D eigenvalue weighted by Gasteiger charge is -2.23. The van der Waals surface area contributed by atoms with Gasteiger partial charge in [-0.05, 0) is 32.7 Å². The second-order valence-corrected chi connectivity index (χ2v) is 3.66. The predicted molar refractivity (Wildman–Crippen MR) is 51.5 cm³/mol. The van der Waals surface area contributed by atoms with Crippen LogP contribution in [0.15, 0.2) is 0 Å². The normalized spacial score (nSPS) is 25.2. The number of carbonyl (C=O) groups is 1. The van der Waals surface area contributed by atoms with Gasteiger partial charge in [0.15, 0.2) is 0 Å². The lowest BCUT2D eigenvalue weighted by molar-refractivity contribution is -0.151. The lowest BCUT2D eigenvalue weighted by atomic mass is 10.1. The summed E-state index contributed by atoms with van der Waals surface area (Å²) < 4.78 is 5.24. The van der Waals surface area contributed by atoms with Crippen molar-refractivity contribution in [3.8, 4) is 0 Å². The molecular formula is C10H19NO2. The fourth-order valence-corrected chi connectivity index (χ4v) is 1.42. The van der Waals surface area contributed by atoms with E-state index in [1.54, 1.807) is 0 Å². The van der Waals surface area contributed by atoms with Gasteiger partial charge in [0.2, 0.25) is 0 Å². The summed E-state index contributed by atoms with van der Waals surface area (Å²) >= 11 is 0. The molecule has 2 atom stereocenters. The minimum Gasteiger partial charge on any atom is -0.462 e. The number of esters is 1. The molecule has 1 fully saturated rings. The minimum atomic E-state index is -0.0750. The molecule has 1 saturated heterocycles. The minimum absolute atomic E-state index is 0.0521. The van der Waals surface area contributed by atoms with E-state index in [0.29, 0.717) is 0 Å². The van der Waals surface area contributed by atoms with Crippen LogP contribution in [0.5, 0.6) is 0 Å². The Bertz CT molecular complexity index is 164. The van der Waals surface area contributed by atoms with Gasteiger partial charge in [0.25, 0.3) is 0 Å². The maximum Gasteiger partial charge on any atom is 0.323 e. The van der Waals surface area contributed by atoms with Crippen molar-refractivity contribution in [2.24, 2.45) is 0 Å². The Hall–Kier alpha value is -0.570. The van der Waals surface area contributed by atoms with Crippen LogP contribution in [0, 0.1) is 0 Å². The molecule has 0 saturated carbocycles. The van der Waals surface area contributed by atoms with E-state index < -0.39 is 0 Å². The molecule has 0 aromatic heterocycles. The average Bonchev–Trinajstić information content (AvgIpc) is 2.19. The molecule has 0 radical (unpaired) electrons. The Morgan fingerprint density at radius 3 is 2.92 bits per heavy atom. The van der Waals surface area contributed by atoms with Crippen LogP contribution in [0.2, 0.25) is 0 Å². The van der Waals surface area contributed by atoms with Crippen molar-refractivity contribution < 1.29 is 9.53 Å². The summed E-state index contributed by atoms with van der Waals surface area (Å²) in [6.45, 7) is 4.90. The van der Waals surface area contributed by atoms with Gasteiger partial charge in [-0.15, -0.1) is 0 Å². The number of rotatable bonds is 3. The van der Waals surface area contributed by atoms with E-state index in [1.807, 2.05) is 13.8 Å². The van der Waals surface area contributed by atoms with Crippen LogP contribution in [0.3, 0.4) is 0 Å². The third kappa shape index (κ3) is 3.35. The Labute approximate surface area is 79.8 Å². The summed E-state index contributed by atoms with van der Waals surface area (Å²) in [6.07, 6.45) is 4.17. The smallest absolute Gasteiger partial charge is 0.323 e. The Morgan fingerprint density at radius 1 is 1.62 bits per heavy atom. The first-order valence-electron chi connectivity index (χ1n) is 5.18. The molecule has 76 valence electrons. The van der Waals surface area contributed by atoms with Crippen molar-refractivity contribution in [1.29, 1.82) is 0 Å². The van der Waals surface area contributed by atoms with Crippen LogP contribution in [-0.2, 0) is 9.53 Å². The van der Waals surface area contributed by atoms with Gasteiger partial charge in [0.05, 0.1) is 6.10 Å². The molecular weight excluding hydrogens is 166 g/mol. The van der Waals surface area contributed by atoms with E-state index in [4.69, 9.17) is 4.74 Å². The Kier molecular flexibility index (Phi) is 4.22. The molecule has 1 aliphatic rings. The molecule has 0 unspecified atom stereocenters. The molecule has 13 heavy (non-hydrogen) atoms. The highest BCUT2D eigenvalue weighted by Gasteiger charge is 2.22. The quantitative estimate of drug-likeness (QED) is 0.677. The fourth-order valence-electron chi connectivity index (χ4n) is 1.42. The zero-order valence-corrected chi connectivity index (χ0v) is 8.51. The molecule has 0 spiro atoms. The Morgan fingerprint density at radius 2 is 2.38 bits per heavy atom. The van der Waals surface area contributed by atoms with Crippen LogP contribution in [0.1, 0.15) is 39.5 Å². The number of hydrogen-bond acceptors (Lipinski definition) is 3. The van der Waals surface area contributed by atoms with E-state index in [-0.39, 0.29) is 18.1 Å². The lowest BCUT2D eigenvalue weighted by Crippen LogP contribution is -2.42. The van der Waals surface area contributed by atoms with Crippen molar-refractivity contribution in [1.82, 2.24) is 5.32 Å². The van der Waals surface area contributed by atoms with Gasteiger partial charge in [-0.3, -0.25) is 4.79 Å². The number of hydrogen-bond donors (Lipinski definition) is 1. The van der Waals surface area contributed by atoms with Gasteiger partial charge in [-0.1, -0.05) is 13.3 Å². The number of nitrogens with one attached hydrogen (secondary N) is 1. The van der Waals surface area contributed by atoms with Crippen LogP contribution in [0.25, 0.3) is 0 Å². The van der Waals surface area contributed by atoms with Crippen molar-refractivity contribution >= 4 is 5.97 Å². The molecule has 1 aliphatic heterocycles. The summed E-state index contributed by atoms with van der Waals surface area (Å²) in [5.74, 6) is -0.0750. The third-order valence-corrected chi connectivity index (χ3v) is 2.49. The second-order valence-electron chi connectivity index (χ2n) is 3.66. The molecule has 1 N–H and O–H groups in total. The molecule has 0 aromatic carbocycles. The number of ether oxygens (including phenoxy) is 1. The van der Waals surface area contributed by atoms with E-state index in [9.17, 15) is 4.79 Å². The van der Waals surface area contributed by atoms with Crippen LogP contribution in [0.4, 0.5) is 0 Å². The first-order chi connectivity index (χ1) is 6.24. The fraction of sp³-hybridized carbons (Fsp3) is 0.900. The molecule has 1 rings (SSSR count). The summed E-state index contributed by atoms with van der Waals surface area (Å²) in [5.41, 5.74) is 0. The maximum atomic E-state index is 11.5. The van der Waals surface area contributed by atoms with Gasteiger partial charge in [0, 0.05) is 0 Å². The zero-order valence-electron chi connectivity index (χ0n) is 8.51. The van der Waals surface area contributed by atoms with Gasteiger partial charge < -0.3 is 10.1 Å². The average molecular weight is 185 g/mol. The van der Waals surface area contributed by atoms with Crippen molar-refractivity contribution in [2.45, 2.75) is 51.7 Å². The van der Waals surface area contributed by atoms with Crippen LogP contribution < -0.4 is 5.32 Å². The molecule has 3 nitrogen and oxygen atoms in total. The second kappa shape index (κ2) is 5.22. The summed E-state index contributed by atoms with van der Waals surface area (Å²) in [7, 11) is 0. The van der Waals surface area contributed by atoms with Crippen molar-refractivity contribution in [3.05, 3.63) is 0 Å². The van der Waals surface area contributed by atoms with Crippen LogP contribution >= 0.6 is 0 Å². The van der Waals surface area contributed by atoms with E-state index in [0.717, 1.165) is 25.8 Å². The molecule has 1 heterocycles. The largest absolute Gasteiger partial charge is 0.462 e. The molecule has 0 amide bonds. The monoisotopic (exact) mass is 185 g/mol. The van der Waals surface area contributed by atoms with Crippen LogP contribution in [-0.4, -0.2) is 24.7 Å². The summed E-state index contributed by atoms with van der Waals surface area (Å²) in [6, 6.07) is -0.0530. The first-order valence-corrected chi connectivity index (χ1v) is 5.18. The predicted octanol–water partition coefficient (Wildman–Crippen LogP) is 1.47.